The number of carbonyl (C=O) groups excluding carboxylic acids is 2. The number of halogens is 1. The predicted molar refractivity (Wildman–Crippen MR) is 106 cm³/mol. The molecule has 0 aliphatic carbocycles. The number of H-pyrrole nitrogens is 1. The normalized spacial score (nSPS) is 10.3. The molecule has 0 spiro atoms. The third-order valence-corrected chi connectivity index (χ3v) is 4.00. The molecule has 0 radical (unpaired) electrons. The van der Waals surface area contributed by atoms with Crippen LogP contribution in [0.4, 0.5) is 5.69 Å². The van der Waals surface area contributed by atoms with Gasteiger partial charge in [-0.1, -0.05) is 41.9 Å². The van der Waals surface area contributed by atoms with Gasteiger partial charge in [-0.05, 0) is 30.3 Å². The van der Waals surface area contributed by atoms with Crippen molar-refractivity contribution in [1.29, 1.82) is 0 Å². The lowest BCUT2D eigenvalue weighted by Crippen LogP contribution is -2.25. The number of carbonyl (C=O) groups is 2. The van der Waals surface area contributed by atoms with Crippen LogP contribution in [0.3, 0.4) is 0 Å². The summed E-state index contributed by atoms with van der Waals surface area (Å²) < 4.78 is 0. The summed E-state index contributed by atoms with van der Waals surface area (Å²) in [6, 6.07) is 15.6. The standard InChI is InChI=1S/C20H17ClN4O2/c1-2-10-22-19(26)15-8-3-4-9-16(15)23-20(27)18-12-17(24-25-18)13-6-5-7-14(21)11-13/h2-9,11-12H,1,10H2,(H,22,26)(H,23,27)(H,24,25). The van der Waals surface area contributed by atoms with E-state index in [4.69, 9.17) is 11.6 Å². The third-order valence-electron chi connectivity index (χ3n) is 3.77. The Morgan fingerprint density at radius 2 is 1.93 bits per heavy atom. The summed E-state index contributed by atoms with van der Waals surface area (Å²) in [4.78, 5) is 24.8. The first-order chi connectivity index (χ1) is 13.1. The number of nitrogens with zero attached hydrogens (tertiary/aromatic N) is 1. The van der Waals surface area contributed by atoms with E-state index in [1.165, 1.54) is 0 Å². The minimum absolute atomic E-state index is 0.270. The topological polar surface area (TPSA) is 86.9 Å². The maximum absolute atomic E-state index is 12.6. The van der Waals surface area contributed by atoms with Gasteiger partial charge in [0.25, 0.3) is 11.8 Å². The fraction of sp³-hybridized carbons (Fsp3) is 0.0500. The van der Waals surface area contributed by atoms with Gasteiger partial charge in [-0.2, -0.15) is 5.10 Å². The highest BCUT2D eigenvalue weighted by Crippen LogP contribution is 2.22. The molecule has 27 heavy (non-hydrogen) atoms. The van der Waals surface area contributed by atoms with Crippen LogP contribution in [0.2, 0.25) is 5.02 Å². The van der Waals surface area contributed by atoms with Crippen LogP contribution >= 0.6 is 11.6 Å². The molecule has 0 bridgehead atoms. The molecule has 3 N–H and O–H groups in total. The summed E-state index contributed by atoms with van der Waals surface area (Å²) in [7, 11) is 0. The summed E-state index contributed by atoms with van der Waals surface area (Å²) in [6.45, 7) is 3.90. The Morgan fingerprint density at radius 3 is 2.70 bits per heavy atom. The Morgan fingerprint density at radius 1 is 1.11 bits per heavy atom. The lowest BCUT2D eigenvalue weighted by molar-refractivity contribution is 0.0959. The summed E-state index contributed by atoms with van der Waals surface area (Å²) in [5, 5.41) is 12.9. The molecule has 2 amide bonds. The minimum atomic E-state index is -0.403. The highest BCUT2D eigenvalue weighted by atomic mass is 35.5. The first-order valence-corrected chi connectivity index (χ1v) is 8.57. The fourth-order valence-corrected chi connectivity index (χ4v) is 2.66. The van der Waals surface area contributed by atoms with E-state index < -0.39 is 5.91 Å². The molecule has 0 saturated heterocycles. The van der Waals surface area contributed by atoms with Gasteiger partial charge in [0.1, 0.15) is 5.69 Å². The Hall–Kier alpha value is -3.38. The van der Waals surface area contributed by atoms with Gasteiger partial charge in [0.2, 0.25) is 0 Å². The van der Waals surface area contributed by atoms with Crippen LogP contribution in [0.1, 0.15) is 20.8 Å². The lowest BCUT2D eigenvalue weighted by atomic mass is 10.1. The highest BCUT2D eigenvalue weighted by Gasteiger charge is 2.15. The first kappa shape index (κ1) is 18.4. The van der Waals surface area contributed by atoms with E-state index in [0.29, 0.717) is 28.5 Å². The van der Waals surface area contributed by atoms with Gasteiger partial charge in [-0.25, -0.2) is 0 Å². The highest BCUT2D eigenvalue weighted by molar-refractivity contribution is 6.30. The zero-order valence-corrected chi connectivity index (χ0v) is 15.1. The van der Waals surface area contributed by atoms with Gasteiger partial charge in [0.15, 0.2) is 0 Å². The molecule has 6 nitrogen and oxygen atoms in total. The van der Waals surface area contributed by atoms with E-state index in [-0.39, 0.29) is 11.6 Å². The van der Waals surface area contributed by atoms with E-state index in [0.717, 1.165) is 5.56 Å². The van der Waals surface area contributed by atoms with Crippen molar-refractivity contribution in [3.8, 4) is 11.3 Å². The second-order valence-electron chi connectivity index (χ2n) is 5.68. The third kappa shape index (κ3) is 4.43. The van der Waals surface area contributed by atoms with Crippen LogP contribution in [-0.4, -0.2) is 28.6 Å². The predicted octanol–water partition coefficient (Wildman–Crippen LogP) is 3.90. The van der Waals surface area contributed by atoms with Crippen molar-refractivity contribution in [3.05, 3.63) is 83.5 Å². The van der Waals surface area contributed by atoms with Crippen LogP contribution in [0.5, 0.6) is 0 Å². The molecule has 0 aliphatic rings. The van der Waals surface area contributed by atoms with E-state index in [9.17, 15) is 9.59 Å². The van der Waals surface area contributed by atoms with E-state index >= 15 is 0 Å². The van der Waals surface area contributed by atoms with Crippen molar-refractivity contribution < 1.29 is 9.59 Å². The van der Waals surface area contributed by atoms with Gasteiger partial charge in [0.05, 0.1) is 16.9 Å². The van der Waals surface area contributed by atoms with Crippen LogP contribution in [-0.2, 0) is 0 Å². The molecule has 0 saturated carbocycles. The van der Waals surface area contributed by atoms with Crippen molar-refractivity contribution in [3.63, 3.8) is 0 Å². The average Bonchev–Trinajstić information content (AvgIpc) is 3.17. The smallest absolute Gasteiger partial charge is 0.273 e. The Bertz CT molecular complexity index is 997. The van der Waals surface area contributed by atoms with Gasteiger partial charge < -0.3 is 10.6 Å². The molecule has 3 aromatic rings. The second-order valence-corrected chi connectivity index (χ2v) is 6.11. The zero-order chi connectivity index (χ0) is 19.2. The van der Waals surface area contributed by atoms with Crippen LogP contribution in [0.25, 0.3) is 11.3 Å². The van der Waals surface area contributed by atoms with Crippen LogP contribution in [0.15, 0.2) is 67.3 Å². The molecule has 0 fully saturated rings. The molecule has 3 rings (SSSR count). The number of aromatic nitrogens is 2. The van der Waals surface area contributed by atoms with Crippen molar-refractivity contribution in [2.75, 3.05) is 11.9 Å². The molecule has 2 aromatic carbocycles. The quantitative estimate of drug-likeness (QED) is 0.567. The Balaban J connectivity index is 1.79. The SMILES string of the molecule is C=CCNC(=O)c1ccccc1NC(=O)c1cc(-c2cccc(Cl)c2)n[nH]1. The molecule has 0 atom stereocenters. The molecule has 7 heteroatoms. The monoisotopic (exact) mass is 380 g/mol. The summed E-state index contributed by atoms with van der Waals surface area (Å²) >= 11 is 5.99. The van der Waals surface area contributed by atoms with E-state index in [2.05, 4.69) is 27.4 Å². The van der Waals surface area contributed by atoms with Gasteiger partial charge >= 0.3 is 0 Å². The number of rotatable bonds is 6. The number of benzene rings is 2. The van der Waals surface area contributed by atoms with Crippen molar-refractivity contribution in [1.82, 2.24) is 15.5 Å². The summed E-state index contributed by atoms with van der Waals surface area (Å²) in [5.41, 5.74) is 2.43. The maximum Gasteiger partial charge on any atom is 0.273 e. The van der Waals surface area contributed by atoms with E-state index in [1.54, 1.807) is 48.5 Å². The van der Waals surface area contributed by atoms with Crippen molar-refractivity contribution >= 4 is 29.1 Å². The second kappa shape index (κ2) is 8.33. The number of para-hydroxylation sites is 1. The molecular formula is C20H17ClN4O2. The first-order valence-electron chi connectivity index (χ1n) is 8.19. The Labute approximate surface area is 161 Å². The van der Waals surface area contributed by atoms with Crippen LogP contribution in [0, 0.1) is 0 Å². The molecule has 1 aromatic heterocycles. The number of amides is 2. The molecule has 0 unspecified atom stereocenters. The summed E-state index contributed by atoms with van der Waals surface area (Å²) in [5.74, 6) is -0.699. The molecular weight excluding hydrogens is 364 g/mol. The summed E-state index contributed by atoms with van der Waals surface area (Å²) in [6.07, 6.45) is 1.58. The fourth-order valence-electron chi connectivity index (χ4n) is 2.47. The average molecular weight is 381 g/mol. The van der Waals surface area contributed by atoms with Gasteiger partial charge in [0, 0.05) is 17.1 Å². The maximum atomic E-state index is 12.6. The molecule has 1 heterocycles. The van der Waals surface area contributed by atoms with Gasteiger partial charge in [-0.15, -0.1) is 6.58 Å². The Kier molecular flexibility index (Phi) is 5.68. The zero-order valence-electron chi connectivity index (χ0n) is 14.3. The molecule has 0 aliphatic heterocycles. The minimum Gasteiger partial charge on any atom is -0.349 e. The van der Waals surface area contributed by atoms with Gasteiger partial charge in [-0.3, -0.25) is 14.7 Å². The van der Waals surface area contributed by atoms with Crippen LogP contribution < -0.4 is 10.6 Å². The number of hydrogen-bond acceptors (Lipinski definition) is 3. The van der Waals surface area contributed by atoms with Crippen molar-refractivity contribution in [2.45, 2.75) is 0 Å². The largest absolute Gasteiger partial charge is 0.349 e. The number of anilines is 1. The van der Waals surface area contributed by atoms with Crippen molar-refractivity contribution in [2.24, 2.45) is 0 Å². The number of aromatic amines is 1. The number of nitrogens with one attached hydrogen (secondary N) is 3. The lowest BCUT2D eigenvalue weighted by Gasteiger charge is -2.10. The molecule has 136 valence electrons. The number of hydrogen-bond donors (Lipinski definition) is 3. The van der Waals surface area contributed by atoms with E-state index in [1.807, 2.05) is 12.1 Å².